The van der Waals surface area contributed by atoms with E-state index in [-0.39, 0.29) is 11.4 Å². The molecular formula is C28H27N3O4S. The van der Waals surface area contributed by atoms with E-state index in [2.05, 4.69) is 10.5 Å². The number of aryl methyl sites for hydroxylation is 1. The highest BCUT2D eigenvalue weighted by atomic mass is 32.2. The average molecular weight is 502 g/mol. The Balaban J connectivity index is 1.55. The molecule has 0 bridgehead atoms. The minimum atomic E-state index is -3.98. The maximum absolute atomic E-state index is 13.5. The number of benzene rings is 4. The zero-order valence-electron chi connectivity index (χ0n) is 20.1. The Morgan fingerprint density at radius 1 is 0.972 bits per heavy atom. The number of amides is 1. The molecule has 0 heterocycles. The topological polar surface area (TPSA) is 88.1 Å². The highest BCUT2D eigenvalue weighted by Crippen LogP contribution is 2.25. The molecule has 8 heteroatoms. The lowest BCUT2D eigenvalue weighted by Crippen LogP contribution is -2.39. The van der Waals surface area contributed by atoms with E-state index in [1.54, 1.807) is 25.3 Å². The van der Waals surface area contributed by atoms with Crippen molar-refractivity contribution in [1.82, 2.24) is 9.73 Å². The van der Waals surface area contributed by atoms with Gasteiger partial charge in [0.1, 0.15) is 5.75 Å². The van der Waals surface area contributed by atoms with Crippen LogP contribution in [0.25, 0.3) is 10.8 Å². The number of methoxy groups -OCH3 is 1. The van der Waals surface area contributed by atoms with E-state index in [0.29, 0.717) is 11.3 Å². The van der Waals surface area contributed by atoms with E-state index in [9.17, 15) is 13.2 Å². The predicted octanol–water partition coefficient (Wildman–Crippen LogP) is 4.50. The van der Waals surface area contributed by atoms with Gasteiger partial charge in [-0.25, -0.2) is 13.8 Å². The van der Waals surface area contributed by atoms with Gasteiger partial charge in [0.15, 0.2) is 0 Å². The Morgan fingerprint density at radius 3 is 2.44 bits per heavy atom. The monoisotopic (exact) mass is 501 g/mol. The van der Waals surface area contributed by atoms with Crippen LogP contribution in [0.4, 0.5) is 0 Å². The molecule has 0 aliphatic heterocycles. The normalized spacial score (nSPS) is 11.8. The summed E-state index contributed by atoms with van der Waals surface area (Å²) < 4.78 is 33.5. The van der Waals surface area contributed by atoms with Crippen molar-refractivity contribution in [3.63, 3.8) is 0 Å². The molecule has 0 saturated heterocycles. The first-order valence-corrected chi connectivity index (χ1v) is 12.8. The van der Waals surface area contributed by atoms with Gasteiger partial charge in [0.05, 0.1) is 24.8 Å². The second-order valence-corrected chi connectivity index (χ2v) is 10.2. The molecule has 4 aromatic carbocycles. The number of carbonyl (C=O) groups is 1. The fourth-order valence-corrected chi connectivity index (χ4v) is 5.38. The maximum Gasteiger partial charge on any atom is 0.255 e. The molecule has 0 spiro atoms. The number of fused-ring (bicyclic) bond motifs is 1. The molecule has 184 valence electrons. The van der Waals surface area contributed by atoms with Gasteiger partial charge in [0, 0.05) is 12.1 Å². The zero-order chi connectivity index (χ0) is 25.5. The quantitative estimate of drug-likeness (QED) is 0.270. The van der Waals surface area contributed by atoms with Crippen LogP contribution in [-0.4, -0.2) is 38.5 Å². The van der Waals surface area contributed by atoms with Crippen LogP contribution in [0.3, 0.4) is 0 Å². The predicted molar refractivity (Wildman–Crippen MR) is 141 cm³/mol. The summed E-state index contributed by atoms with van der Waals surface area (Å²) in [4.78, 5) is 12.9. The third-order valence-corrected chi connectivity index (χ3v) is 7.53. The summed E-state index contributed by atoms with van der Waals surface area (Å²) >= 11 is 0. The molecule has 0 aliphatic rings. The van der Waals surface area contributed by atoms with Crippen molar-refractivity contribution in [2.45, 2.75) is 18.4 Å². The SMILES string of the molecule is COc1ccc(S(=O)(=O)N(CC(=O)N/N=C/c2cccc3ccccc23)Cc2ccccc2)cc1C. The third-order valence-electron chi connectivity index (χ3n) is 5.74. The molecule has 4 rings (SSSR count). The Kier molecular flexibility index (Phi) is 7.77. The second-order valence-electron chi connectivity index (χ2n) is 8.25. The van der Waals surface area contributed by atoms with E-state index in [1.165, 1.54) is 13.2 Å². The van der Waals surface area contributed by atoms with Crippen LogP contribution in [0.15, 0.2) is 101 Å². The Labute approximate surface area is 211 Å². The van der Waals surface area contributed by atoms with Crippen molar-refractivity contribution in [2.24, 2.45) is 5.10 Å². The highest BCUT2D eigenvalue weighted by molar-refractivity contribution is 7.89. The lowest BCUT2D eigenvalue weighted by molar-refractivity contribution is -0.121. The molecule has 36 heavy (non-hydrogen) atoms. The summed E-state index contributed by atoms with van der Waals surface area (Å²) in [5.41, 5.74) is 4.76. The van der Waals surface area contributed by atoms with Gasteiger partial charge in [-0.1, -0.05) is 72.8 Å². The van der Waals surface area contributed by atoms with Crippen LogP contribution >= 0.6 is 0 Å². The number of hydrogen-bond donors (Lipinski definition) is 1. The lowest BCUT2D eigenvalue weighted by atomic mass is 10.1. The number of ether oxygens (including phenoxy) is 1. The standard InChI is InChI=1S/C28H27N3O4S/c1-21-17-25(15-16-27(21)35-2)36(33,34)31(19-22-9-4-3-5-10-22)20-28(32)30-29-18-24-13-8-12-23-11-6-7-14-26(23)24/h3-18H,19-20H2,1-2H3,(H,30,32)/b29-18+. The number of rotatable bonds is 9. The van der Waals surface area contributed by atoms with Gasteiger partial charge in [-0.2, -0.15) is 9.41 Å². The van der Waals surface area contributed by atoms with Crippen LogP contribution in [0, 0.1) is 6.92 Å². The smallest absolute Gasteiger partial charge is 0.255 e. The summed E-state index contributed by atoms with van der Waals surface area (Å²) in [5, 5.41) is 6.14. The third kappa shape index (κ3) is 5.79. The van der Waals surface area contributed by atoms with Crippen LogP contribution in [-0.2, 0) is 21.4 Å². The Hall–Kier alpha value is -4.01. The van der Waals surface area contributed by atoms with Gasteiger partial charge >= 0.3 is 0 Å². The first-order chi connectivity index (χ1) is 17.4. The Morgan fingerprint density at radius 2 is 1.69 bits per heavy atom. The summed E-state index contributed by atoms with van der Waals surface area (Å²) in [6.45, 7) is 1.41. The molecule has 0 atom stereocenters. The van der Waals surface area contributed by atoms with Gasteiger partial charge in [-0.05, 0) is 47.0 Å². The molecule has 0 unspecified atom stereocenters. The van der Waals surface area contributed by atoms with Crippen LogP contribution in [0.5, 0.6) is 5.75 Å². The van der Waals surface area contributed by atoms with E-state index in [4.69, 9.17) is 4.74 Å². The first kappa shape index (κ1) is 25.1. The van der Waals surface area contributed by atoms with E-state index >= 15 is 0 Å². The van der Waals surface area contributed by atoms with E-state index < -0.39 is 22.5 Å². The minimum Gasteiger partial charge on any atom is -0.496 e. The number of sulfonamides is 1. The van der Waals surface area contributed by atoms with Crippen LogP contribution in [0.2, 0.25) is 0 Å². The molecule has 4 aromatic rings. The molecule has 0 saturated carbocycles. The minimum absolute atomic E-state index is 0.0364. The average Bonchev–Trinajstić information content (AvgIpc) is 2.89. The number of hydrazone groups is 1. The molecule has 7 nitrogen and oxygen atoms in total. The molecular weight excluding hydrogens is 474 g/mol. The number of carbonyl (C=O) groups excluding carboxylic acids is 1. The van der Waals surface area contributed by atoms with Crippen molar-refractivity contribution < 1.29 is 17.9 Å². The maximum atomic E-state index is 13.5. The van der Waals surface area contributed by atoms with Crippen LogP contribution < -0.4 is 10.2 Å². The fourth-order valence-electron chi connectivity index (χ4n) is 3.91. The zero-order valence-corrected chi connectivity index (χ0v) is 20.9. The summed E-state index contributed by atoms with van der Waals surface area (Å²) in [5.74, 6) is 0.0419. The van der Waals surface area contributed by atoms with Gasteiger partial charge < -0.3 is 4.74 Å². The Bertz CT molecular complexity index is 1500. The first-order valence-electron chi connectivity index (χ1n) is 11.4. The molecule has 0 fully saturated rings. The summed E-state index contributed by atoms with van der Waals surface area (Å²) in [6, 6.07) is 27.4. The van der Waals surface area contributed by atoms with Crippen molar-refractivity contribution in [3.8, 4) is 5.75 Å². The van der Waals surface area contributed by atoms with Gasteiger partial charge in [-0.15, -0.1) is 0 Å². The van der Waals surface area contributed by atoms with E-state index in [0.717, 1.165) is 26.2 Å². The number of nitrogens with zero attached hydrogens (tertiary/aromatic N) is 2. The van der Waals surface area contributed by atoms with Crippen molar-refractivity contribution >= 4 is 32.9 Å². The van der Waals surface area contributed by atoms with E-state index in [1.807, 2.05) is 72.8 Å². The van der Waals surface area contributed by atoms with Crippen molar-refractivity contribution in [2.75, 3.05) is 13.7 Å². The molecule has 1 N–H and O–H groups in total. The van der Waals surface area contributed by atoms with Crippen LogP contribution in [0.1, 0.15) is 16.7 Å². The van der Waals surface area contributed by atoms with Gasteiger partial charge in [0.25, 0.3) is 5.91 Å². The lowest BCUT2D eigenvalue weighted by Gasteiger charge is -2.22. The number of hydrogen-bond acceptors (Lipinski definition) is 5. The van der Waals surface area contributed by atoms with Gasteiger partial charge in [-0.3, -0.25) is 4.79 Å². The molecule has 1 amide bonds. The summed E-state index contributed by atoms with van der Waals surface area (Å²) in [6.07, 6.45) is 1.56. The number of nitrogens with one attached hydrogen (secondary N) is 1. The molecule has 0 aliphatic carbocycles. The fraction of sp³-hybridized carbons (Fsp3) is 0.143. The summed E-state index contributed by atoms with van der Waals surface area (Å²) in [7, 11) is -2.45. The van der Waals surface area contributed by atoms with Crippen molar-refractivity contribution in [3.05, 3.63) is 108 Å². The second kappa shape index (κ2) is 11.2. The largest absolute Gasteiger partial charge is 0.496 e. The van der Waals surface area contributed by atoms with Gasteiger partial charge in [0.2, 0.25) is 10.0 Å². The molecule has 0 aromatic heterocycles. The van der Waals surface area contributed by atoms with Crippen molar-refractivity contribution in [1.29, 1.82) is 0 Å². The highest BCUT2D eigenvalue weighted by Gasteiger charge is 2.27. The molecule has 0 radical (unpaired) electrons.